The summed E-state index contributed by atoms with van der Waals surface area (Å²) in [6, 6.07) is -0.0893. The maximum Gasteiger partial charge on any atom is 0.254 e. The van der Waals surface area contributed by atoms with Gasteiger partial charge in [0.25, 0.3) is 10.0 Å². The Balaban J connectivity index is 0.00000225. The van der Waals surface area contributed by atoms with Gasteiger partial charge < -0.3 is 10.6 Å². The first kappa shape index (κ1) is 20.6. The van der Waals surface area contributed by atoms with E-state index in [-0.39, 0.29) is 30.3 Å². The summed E-state index contributed by atoms with van der Waals surface area (Å²) < 4.78 is 27.2. The number of carbonyl (C=O) groups excluding carboxylic acids is 1. The molecule has 3 rings (SSSR count). The molecule has 1 aromatic heterocycles. The quantitative estimate of drug-likeness (QED) is 0.762. The molecule has 25 heavy (non-hydrogen) atoms. The topological polar surface area (TPSA) is 91.4 Å². The highest BCUT2D eigenvalue weighted by Crippen LogP contribution is 2.26. The molecular weight excluding hydrogens is 384 g/mol. The van der Waals surface area contributed by atoms with Crippen LogP contribution >= 0.6 is 23.7 Å². The molecule has 0 aliphatic carbocycles. The summed E-state index contributed by atoms with van der Waals surface area (Å²) in [6.07, 6.45) is 5.10. The van der Waals surface area contributed by atoms with E-state index in [2.05, 4.69) is 15.6 Å². The molecule has 2 aliphatic rings. The summed E-state index contributed by atoms with van der Waals surface area (Å²) in [5, 5.41) is 6.90. The number of nitrogens with zero attached hydrogens (tertiary/aromatic N) is 2. The van der Waals surface area contributed by atoms with Crippen molar-refractivity contribution in [2.45, 2.75) is 42.9 Å². The van der Waals surface area contributed by atoms with Crippen LogP contribution in [0.1, 0.15) is 30.7 Å². The van der Waals surface area contributed by atoms with Gasteiger partial charge in [-0.2, -0.15) is 4.31 Å². The minimum atomic E-state index is -3.46. The van der Waals surface area contributed by atoms with Gasteiger partial charge in [0.05, 0.1) is 17.2 Å². The van der Waals surface area contributed by atoms with E-state index in [0.29, 0.717) is 23.8 Å². The number of carbonyl (C=O) groups is 1. The molecule has 0 aromatic carbocycles. The molecule has 7 nitrogen and oxygen atoms in total. The number of halogens is 1. The number of nitrogens with one attached hydrogen (secondary N) is 2. The minimum absolute atomic E-state index is 0. The van der Waals surface area contributed by atoms with Crippen molar-refractivity contribution in [3.8, 4) is 0 Å². The third kappa shape index (κ3) is 4.91. The van der Waals surface area contributed by atoms with Crippen molar-refractivity contribution in [1.82, 2.24) is 19.9 Å². The van der Waals surface area contributed by atoms with E-state index in [1.807, 2.05) is 0 Å². The lowest BCUT2D eigenvalue weighted by atomic mass is 9.99. The lowest BCUT2D eigenvalue weighted by Gasteiger charge is -2.31. The van der Waals surface area contributed by atoms with Gasteiger partial charge in [0.1, 0.15) is 0 Å². The van der Waals surface area contributed by atoms with Crippen molar-refractivity contribution in [3.05, 3.63) is 11.2 Å². The Kier molecular flexibility index (Phi) is 7.21. The van der Waals surface area contributed by atoms with Crippen molar-refractivity contribution in [3.63, 3.8) is 0 Å². The van der Waals surface area contributed by atoms with Crippen molar-refractivity contribution >= 4 is 39.7 Å². The molecule has 2 aliphatic heterocycles. The van der Waals surface area contributed by atoms with Gasteiger partial charge >= 0.3 is 0 Å². The Morgan fingerprint density at radius 1 is 1.44 bits per heavy atom. The lowest BCUT2D eigenvalue weighted by molar-refractivity contribution is -0.123. The maximum atomic E-state index is 12.7. The SMILES string of the molecule is Cc1ncc(S(=O)(=O)N2CCCC(CNC(=O)C3CCCN3)C2)s1.Cl. The van der Waals surface area contributed by atoms with Gasteiger partial charge in [-0.25, -0.2) is 13.4 Å². The van der Waals surface area contributed by atoms with E-state index < -0.39 is 10.0 Å². The molecule has 142 valence electrons. The van der Waals surface area contributed by atoms with Crippen LogP contribution in [-0.4, -0.2) is 55.8 Å². The fourth-order valence-corrected chi connectivity index (χ4v) is 6.09. The maximum absolute atomic E-state index is 12.7. The second-order valence-corrected chi connectivity index (χ2v) is 9.86. The zero-order valence-electron chi connectivity index (χ0n) is 14.2. The third-order valence-electron chi connectivity index (χ3n) is 4.62. The molecule has 3 heterocycles. The Morgan fingerprint density at radius 2 is 2.24 bits per heavy atom. The number of amides is 1. The standard InChI is InChI=1S/C15H24N4O3S2.ClH/c1-11-17-9-14(23-11)24(21,22)19-7-3-4-12(10-19)8-18-15(20)13-5-2-6-16-13;/h9,12-13,16H,2-8,10H2,1H3,(H,18,20);1H. The van der Waals surface area contributed by atoms with E-state index in [4.69, 9.17) is 0 Å². The minimum Gasteiger partial charge on any atom is -0.354 e. The second-order valence-electron chi connectivity index (χ2n) is 6.46. The van der Waals surface area contributed by atoms with E-state index >= 15 is 0 Å². The molecule has 10 heteroatoms. The summed E-state index contributed by atoms with van der Waals surface area (Å²) in [4.78, 5) is 16.1. The van der Waals surface area contributed by atoms with Crippen LogP contribution in [0.2, 0.25) is 0 Å². The van der Waals surface area contributed by atoms with Gasteiger partial charge in [0.2, 0.25) is 5.91 Å². The molecule has 2 atom stereocenters. The monoisotopic (exact) mass is 408 g/mol. The molecule has 0 bridgehead atoms. The summed E-state index contributed by atoms with van der Waals surface area (Å²) in [6.45, 7) is 4.22. The van der Waals surface area contributed by atoms with Crippen LogP contribution in [0.25, 0.3) is 0 Å². The van der Waals surface area contributed by atoms with Crippen LogP contribution in [0, 0.1) is 12.8 Å². The predicted molar refractivity (Wildman–Crippen MR) is 99.6 cm³/mol. The van der Waals surface area contributed by atoms with Crippen LogP contribution in [0.5, 0.6) is 0 Å². The smallest absolute Gasteiger partial charge is 0.254 e. The fourth-order valence-electron chi connectivity index (χ4n) is 3.28. The van der Waals surface area contributed by atoms with E-state index in [1.165, 1.54) is 21.8 Å². The summed E-state index contributed by atoms with van der Waals surface area (Å²) >= 11 is 1.21. The molecule has 2 N–H and O–H groups in total. The van der Waals surface area contributed by atoms with Gasteiger partial charge in [-0.1, -0.05) is 0 Å². The summed E-state index contributed by atoms with van der Waals surface area (Å²) in [7, 11) is -3.46. The second kappa shape index (κ2) is 8.77. The van der Waals surface area contributed by atoms with Gasteiger partial charge in [-0.15, -0.1) is 23.7 Å². The van der Waals surface area contributed by atoms with Crippen molar-refractivity contribution in [2.24, 2.45) is 5.92 Å². The van der Waals surface area contributed by atoms with Crippen LogP contribution in [0.4, 0.5) is 0 Å². The van der Waals surface area contributed by atoms with Crippen LogP contribution in [-0.2, 0) is 14.8 Å². The molecule has 0 spiro atoms. The molecule has 1 amide bonds. The third-order valence-corrected chi connectivity index (χ3v) is 7.83. The molecule has 0 radical (unpaired) electrons. The zero-order chi connectivity index (χ0) is 17.2. The summed E-state index contributed by atoms with van der Waals surface area (Å²) in [5.74, 6) is 0.193. The molecule has 0 saturated carbocycles. The average molecular weight is 409 g/mol. The number of rotatable bonds is 5. The van der Waals surface area contributed by atoms with Crippen LogP contribution in [0.15, 0.2) is 10.4 Å². The Labute approximate surface area is 159 Å². The van der Waals surface area contributed by atoms with Gasteiger partial charge in [0.15, 0.2) is 4.21 Å². The number of hydrogen-bond acceptors (Lipinski definition) is 6. The van der Waals surface area contributed by atoms with Crippen LogP contribution in [0.3, 0.4) is 0 Å². The molecule has 1 aromatic rings. The van der Waals surface area contributed by atoms with E-state index in [1.54, 1.807) is 6.92 Å². The zero-order valence-corrected chi connectivity index (χ0v) is 16.7. The first-order valence-corrected chi connectivity index (χ1v) is 10.7. The Morgan fingerprint density at radius 3 is 2.88 bits per heavy atom. The van der Waals surface area contributed by atoms with Gasteiger partial charge in [-0.05, 0) is 45.1 Å². The highest BCUT2D eigenvalue weighted by atomic mass is 35.5. The number of aromatic nitrogens is 1. The molecule has 2 fully saturated rings. The molecule has 2 unspecified atom stereocenters. The molecule has 2 saturated heterocycles. The summed E-state index contributed by atoms with van der Waals surface area (Å²) in [5.41, 5.74) is 0. The van der Waals surface area contributed by atoms with Crippen molar-refractivity contribution in [2.75, 3.05) is 26.2 Å². The van der Waals surface area contributed by atoms with Crippen LogP contribution < -0.4 is 10.6 Å². The van der Waals surface area contributed by atoms with Crippen molar-refractivity contribution in [1.29, 1.82) is 0 Å². The first-order valence-electron chi connectivity index (χ1n) is 8.40. The number of piperidine rings is 1. The van der Waals surface area contributed by atoms with Crippen molar-refractivity contribution < 1.29 is 13.2 Å². The largest absolute Gasteiger partial charge is 0.354 e. The highest BCUT2D eigenvalue weighted by molar-refractivity contribution is 7.91. The van der Waals surface area contributed by atoms with Gasteiger partial charge in [0, 0.05) is 19.6 Å². The van der Waals surface area contributed by atoms with Gasteiger partial charge in [-0.3, -0.25) is 4.79 Å². The number of sulfonamides is 1. The number of aryl methyl sites for hydroxylation is 1. The number of thiazole rings is 1. The number of hydrogen-bond donors (Lipinski definition) is 2. The predicted octanol–water partition coefficient (Wildman–Crippen LogP) is 1.14. The normalized spacial score (nSPS) is 24.7. The highest BCUT2D eigenvalue weighted by Gasteiger charge is 2.32. The Hall–Kier alpha value is -0.740. The molecular formula is C15H25ClN4O3S2. The van der Waals surface area contributed by atoms with E-state index in [9.17, 15) is 13.2 Å². The first-order chi connectivity index (χ1) is 11.5. The lowest BCUT2D eigenvalue weighted by Crippen LogP contribution is -2.46. The Bertz CT molecular complexity index is 689. The van der Waals surface area contributed by atoms with E-state index in [0.717, 1.165) is 37.2 Å². The average Bonchev–Trinajstić information content (AvgIpc) is 3.24. The fraction of sp³-hybridized carbons (Fsp3) is 0.733.